The van der Waals surface area contributed by atoms with E-state index in [1.807, 2.05) is 0 Å². The van der Waals surface area contributed by atoms with Gasteiger partial charge < -0.3 is 10.0 Å². The lowest BCUT2D eigenvalue weighted by molar-refractivity contribution is -0.385. The van der Waals surface area contributed by atoms with Crippen molar-refractivity contribution < 1.29 is 14.8 Å². The Hall–Kier alpha value is -2.62. The molecule has 0 atom stereocenters. The number of nitrogens with zero attached hydrogens (tertiary/aromatic N) is 3. The Morgan fingerprint density at radius 3 is 2.72 bits per heavy atom. The second-order valence-corrected chi connectivity index (χ2v) is 4.01. The first-order chi connectivity index (χ1) is 8.52. The highest BCUT2D eigenvalue weighted by Crippen LogP contribution is 2.29. The fourth-order valence-corrected chi connectivity index (χ4v) is 1.82. The Balaban J connectivity index is 2.20. The maximum atomic E-state index is 10.7. The van der Waals surface area contributed by atoms with Gasteiger partial charge in [0.25, 0.3) is 5.69 Å². The van der Waals surface area contributed by atoms with Crippen LogP contribution in [0.4, 0.5) is 11.4 Å². The van der Waals surface area contributed by atoms with Crippen LogP contribution >= 0.6 is 0 Å². The van der Waals surface area contributed by atoms with Crippen LogP contribution in [0.1, 0.15) is 5.56 Å². The zero-order valence-electron chi connectivity index (χ0n) is 9.24. The summed E-state index contributed by atoms with van der Waals surface area (Å²) in [4.78, 5) is 22.5. The van der Waals surface area contributed by atoms with Crippen molar-refractivity contribution in [3.05, 3.63) is 33.9 Å². The van der Waals surface area contributed by atoms with Gasteiger partial charge in [0.1, 0.15) is 11.6 Å². The van der Waals surface area contributed by atoms with Crippen molar-refractivity contribution in [1.29, 1.82) is 5.26 Å². The van der Waals surface area contributed by atoms with Gasteiger partial charge in [-0.25, -0.2) is 0 Å². The first kappa shape index (κ1) is 11.9. The molecular weight excluding hydrogens is 238 g/mol. The highest BCUT2D eigenvalue weighted by Gasteiger charge is 2.33. The second kappa shape index (κ2) is 4.33. The number of benzene rings is 1. The van der Waals surface area contributed by atoms with Gasteiger partial charge in [-0.2, -0.15) is 5.26 Å². The number of nitriles is 1. The van der Waals surface area contributed by atoms with Crippen LogP contribution in [0.25, 0.3) is 0 Å². The van der Waals surface area contributed by atoms with E-state index in [2.05, 4.69) is 0 Å². The summed E-state index contributed by atoms with van der Waals surface area (Å²) in [6.07, 6.45) is 0. The Kier molecular flexibility index (Phi) is 2.85. The zero-order valence-corrected chi connectivity index (χ0v) is 9.24. The Morgan fingerprint density at radius 2 is 2.22 bits per heavy atom. The van der Waals surface area contributed by atoms with Gasteiger partial charge >= 0.3 is 5.97 Å². The highest BCUT2D eigenvalue weighted by molar-refractivity contribution is 5.75. The molecule has 92 valence electrons. The summed E-state index contributed by atoms with van der Waals surface area (Å²) in [5.74, 6) is -1.26. The highest BCUT2D eigenvalue weighted by atomic mass is 16.6. The van der Waals surface area contributed by atoms with E-state index >= 15 is 0 Å². The van der Waals surface area contributed by atoms with Crippen molar-refractivity contribution in [2.75, 3.05) is 18.0 Å². The minimum Gasteiger partial charge on any atom is -0.481 e. The minimum atomic E-state index is -0.853. The molecule has 1 fully saturated rings. The summed E-state index contributed by atoms with van der Waals surface area (Å²) < 4.78 is 0. The van der Waals surface area contributed by atoms with E-state index in [0.717, 1.165) is 0 Å². The third-order valence-corrected chi connectivity index (χ3v) is 2.89. The van der Waals surface area contributed by atoms with Crippen molar-refractivity contribution in [2.24, 2.45) is 5.92 Å². The molecule has 1 aliphatic rings. The third kappa shape index (κ3) is 1.96. The Labute approximate surface area is 102 Å². The van der Waals surface area contributed by atoms with Crippen molar-refractivity contribution >= 4 is 17.3 Å². The maximum absolute atomic E-state index is 10.7. The fourth-order valence-electron chi connectivity index (χ4n) is 1.82. The van der Waals surface area contributed by atoms with E-state index in [1.54, 1.807) is 11.0 Å². The smallest absolute Gasteiger partial charge is 0.310 e. The molecule has 1 aromatic carbocycles. The van der Waals surface area contributed by atoms with Gasteiger partial charge in [0.2, 0.25) is 0 Å². The first-order valence-corrected chi connectivity index (χ1v) is 5.19. The molecule has 0 aliphatic carbocycles. The SMILES string of the molecule is N#Cc1cc(N2CC(C(=O)O)C2)ccc1[N+](=O)[O-]. The average molecular weight is 247 g/mol. The van der Waals surface area contributed by atoms with Gasteiger partial charge in [0.15, 0.2) is 0 Å². The molecule has 0 unspecified atom stereocenters. The molecule has 1 aromatic rings. The molecule has 0 saturated carbocycles. The van der Waals surface area contributed by atoms with Crippen LogP contribution in [0.15, 0.2) is 18.2 Å². The van der Waals surface area contributed by atoms with Gasteiger partial charge in [-0.1, -0.05) is 0 Å². The normalized spacial score (nSPS) is 14.7. The zero-order chi connectivity index (χ0) is 13.3. The summed E-state index contributed by atoms with van der Waals surface area (Å²) in [6, 6.07) is 5.97. The van der Waals surface area contributed by atoms with Gasteiger partial charge in [-0.15, -0.1) is 0 Å². The van der Waals surface area contributed by atoms with E-state index in [9.17, 15) is 14.9 Å². The predicted octanol–water partition coefficient (Wildman–Crippen LogP) is 0.987. The Bertz CT molecular complexity index is 558. The third-order valence-electron chi connectivity index (χ3n) is 2.89. The van der Waals surface area contributed by atoms with E-state index in [0.29, 0.717) is 18.8 Å². The van der Waals surface area contributed by atoms with Crippen molar-refractivity contribution in [3.63, 3.8) is 0 Å². The summed E-state index contributed by atoms with van der Waals surface area (Å²) >= 11 is 0. The molecule has 0 bridgehead atoms. The molecule has 1 aliphatic heterocycles. The number of aliphatic carboxylic acids is 1. The van der Waals surface area contributed by atoms with Gasteiger partial charge in [0, 0.05) is 24.8 Å². The number of hydrogen-bond acceptors (Lipinski definition) is 5. The lowest BCUT2D eigenvalue weighted by Crippen LogP contribution is -2.50. The molecule has 1 N–H and O–H groups in total. The van der Waals surface area contributed by atoms with Crippen molar-refractivity contribution in [2.45, 2.75) is 0 Å². The second-order valence-electron chi connectivity index (χ2n) is 4.01. The van der Waals surface area contributed by atoms with Gasteiger partial charge in [0.05, 0.1) is 10.8 Å². The van der Waals surface area contributed by atoms with Crippen LogP contribution in [0.3, 0.4) is 0 Å². The van der Waals surface area contributed by atoms with Crippen LogP contribution in [-0.2, 0) is 4.79 Å². The summed E-state index contributed by atoms with van der Waals surface area (Å²) in [5, 5.41) is 28.2. The number of carboxylic acid groups (broad SMARTS) is 1. The number of nitro groups is 1. The standard InChI is InChI=1S/C11H9N3O4/c12-4-7-3-9(1-2-10(7)14(17)18)13-5-8(6-13)11(15)16/h1-3,8H,5-6H2,(H,15,16). The molecule has 0 amide bonds. The Morgan fingerprint density at radius 1 is 1.56 bits per heavy atom. The number of hydrogen-bond donors (Lipinski definition) is 1. The number of rotatable bonds is 3. The van der Waals surface area contributed by atoms with Crippen molar-refractivity contribution in [3.8, 4) is 6.07 Å². The number of nitro benzene ring substituents is 1. The summed E-state index contributed by atoms with van der Waals surface area (Å²) in [6.45, 7) is 0.718. The van der Waals surface area contributed by atoms with E-state index in [-0.39, 0.29) is 11.3 Å². The van der Waals surface area contributed by atoms with E-state index in [4.69, 9.17) is 10.4 Å². The number of carboxylic acids is 1. The number of carbonyl (C=O) groups is 1. The predicted molar refractivity (Wildman–Crippen MR) is 61.2 cm³/mol. The molecule has 0 radical (unpaired) electrons. The van der Waals surface area contributed by atoms with Crippen molar-refractivity contribution in [1.82, 2.24) is 0 Å². The molecule has 0 aromatic heterocycles. The largest absolute Gasteiger partial charge is 0.481 e. The first-order valence-electron chi connectivity index (χ1n) is 5.19. The maximum Gasteiger partial charge on any atom is 0.310 e. The van der Waals surface area contributed by atoms with E-state index < -0.39 is 16.8 Å². The van der Waals surface area contributed by atoms with Crippen LogP contribution in [-0.4, -0.2) is 29.1 Å². The van der Waals surface area contributed by atoms with Crippen LogP contribution in [0, 0.1) is 27.4 Å². The van der Waals surface area contributed by atoms with Gasteiger partial charge in [-0.3, -0.25) is 14.9 Å². The molecule has 1 saturated heterocycles. The fraction of sp³-hybridized carbons (Fsp3) is 0.273. The lowest BCUT2D eigenvalue weighted by Gasteiger charge is -2.38. The molecule has 7 nitrogen and oxygen atoms in total. The van der Waals surface area contributed by atoms with Crippen LogP contribution in [0.2, 0.25) is 0 Å². The quantitative estimate of drug-likeness (QED) is 0.630. The van der Waals surface area contributed by atoms with E-state index in [1.165, 1.54) is 18.2 Å². The average Bonchev–Trinajstić information content (AvgIpc) is 2.25. The number of anilines is 1. The summed E-state index contributed by atoms with van der Waals surface area (Å²) in [5.41, 5.74) is 0.377. The van der Waals surface area contributed by atoms with Crippen LogP contribution < -0.4 is 4.90 Å². The molecule has 2 rings (SSSR count). The van der Waals surface area contributed by atoms with Crippen LogP contribution in [0.5, 0.6) is 0 Å². The molecule has 1 heterocycles. The minimum absolute atomic E-state index is 0.0173. The lowest BCUT2D eigenvalue weighted by atomic mass is 9.99. The molecule has 18 heavy (non-hydrogen) atoms. The monoisotopic (exact) mass is 247 g/mol. The topological polar surface area (TPSA) is 107 Å². The molecule has 0 spiro atoms. The molecule has 7 heteroatoms. The molecular formula is C11H9N3O4. The van der Waals surface area contributed by atoms with Gasteiger partial charge in [-0.05, 0) is 12.1 Å². The summed E-state index contributed by atoms with van der Waals surface area (Å²) in [7, 11) is 0.